The van der Waals surface area contributed by atoms with Crippen LogP contribution in [0.3, 0.4) is 0 Å². The summed E-state index contributed by atoms with van der Waals surface area (Å²) in [6, 6.07) is 0.539. The number of aliphatic imine (C=N–C) groups is 1. The third-order valence-electron chi connectivity index (χ3n) is 4.21. The van der Waals surface area contributed by atoms with Crippen molar-refractivity contribution in [3.05, 3.63) is 0 Å². The molecule has 1 saturated carbocycles. The summed E-state index contributed by atoms with van der Waals surface area (Å²) in [6.45, 7) is 2.38. The number of nitrogens with one attached hydrogen (secondary N) is 1. The summed E-state index contributed by atoms with van der Waals surface area (Å²) in [5.74, 6) is 1.01. The Labute approximate surface area is 145 Å². The molecule has 1 amide bonds. The van der Waals surface area contributed by atoms with Crippen LogP contribution >= 0.6 is 24.0 Å². The van der Waals surface area contributed by atoms with Crippen molar-refractivity contribution in [3.8, 4) is 0 Å². The lowest BCUT2D eigenvalue weighted by Crippen LogP contribution is -2.46. The largest absolute Gasteiger partial charge is 0.353 e. The first-order valence-electron chi connectivity index (χ1n) is 7.93. The number of likely N-dealkylation sites (N-methyl/N-ethyl adjacent to an activating group) is 1. The van der Waals surface area contributed by atoms with Gasteiger partial charge in [-0.05, 0) is 25.7 Å². The molecule has 5 nitrogen and oxygen atoms in total. The van der Waals surface area contributed by atoms with E-state index in [0.717, 1.165) is 19.0 Å². The van der Waals surface area contributed by atoms with Crippen molar-refractivity contribution < 1.29 is 4.79 Å². The summed E-state index contributed by atoms with van der Waals surface area (Å²) >= 11 is 0. The molecule has 0 radical (unpaired) electrons. The van der Waals surface area contributed by atoms with Crippen molar-refractivity contribution in [2.24, 2.45) is 4.99 Å². The standard InChI is InChI=1S/C15H28N4O.HI/c1-18(2)14(20)12-16-15(19-10-6-7-11-19)17-13-8-4-3-5-9-13;/h13H,3-12H2,1-2H3,(H,16,17);1H. The fourth-order valence-electron chi connectivity index (χ4n) is 2.88. The van der Waals surface area contributed by atoms with E-state index in [9.17, 15) is 4.79 Å². The van der Waals surface area contributed by atoms with Crippen LogP contribution in [0, 0.1) is 0 Å². The minimum absolute atomic E-state index is 0. The lowest BCUT2D eigenvalue weighted by Gasteiger charge is -2.29. The number of likely N-dealkylation sites (tertiary alicyclic amines) is 1. The van der Waals surface area contributed by atoms with E-state index < -0.39 is 0 Å². The Morgan fingerprint density at radius 3 is 2.33 bits per heavy atom. The molecule has 21 heavy (non-hydrogen) atoms. The molecule has 1 N–H and O–H groups in total. The van der Waals surface area contributed by atoms with Crippen LogP contribution in [0.1, 0.15) is 44.9 Å². The van der Waals surface area contributed by atoms with Gasteiger partial charge in [0.2, 0.25) is 5.91 Å². The highest BCUT2D eigenvalue weighted by Gasteiger charge is 2.21. The second-order valence-electron chi connectivity index (χ2n) is 6.10. The SMILES string of the molecule is CN(C)C(=O)CN=C(NC1CCCCC1)N1CCCC1.I. The van der Waals surface area contributed by atoms with Gasteiger partial charge >= 0.3 is 0 Å². The fourth-order valence-corrected chi connectivity index (χ4v) is 2.88. The molecule has 0 atom stereocenters. The zero-order valence-corrected chi connectivity index (χ0v) is 15.6. The molecular weight excluding hydrogens is 379 g/mol. The smallest absolute Gasteiger partial charge is 0.243 e. The van der Waals surface area contributed by atoms with Crippen molar-refractivity contribution in [1.29, 1.82) is 0 Å². The number of amides is 1. The van der Waals surface area contributed by atoms with Gasteiger partial charge in [-0.2, -0.15) is 0 Å². The van der Waals surface area contributed by atoms with Crippen LogP contribution in [-0.2, 0) is 4.79 Å². The second-order valence-corrected chi connectivity index (χ2v) is 6.10. The van der Waals surface area contributed by atoms with E-state index in [1.807, 2.05) is 0 Å². The lowest BCUT2D eigenvalue weighted by molar-refractivity contribution is -0.127. The minimum atomic E-state index is 0. The number of carbonyl (C=O) groups is 1. The molecule has 0 bridgehead atoms. The molecule has 0 spiro atoms. The first kappa shape index (κ1) is 18.5. The summed E-state index contributed by atoms with van der Waals surface area (Å²) in [5, 5.41) is 3.60. The van der Waals surface area contributed by atoms with Gasteiger partial charge < -0.3 is 15.1 Å². The Kier molecular flexibility index (Phi) is 8.36. The highest BCUT2D eigenvalue weighted by atomic mass is 127. The minimum Gasteiger partial charge on any atom is -0.353 e. The lowest BCUT2D eigenvalue weighted by atomic mass is 9.96. The molecule has 0 aromatic carbocycles. The fraction of sp³-hybridized carbons (Fsp3) is 0.867. The van der Waals surface area contributed by atoms with Crippen LogP contribution < -0.4 is 5.32 Å². The average molecular weight is 408 g/mol. The van der Waals surface area contributed by atoms with E-state index >= 15 is 0 Å². The number of halogens is 1. The normalized spacial score (nSPS) is 20.1. The van der Waals surface area contributed by atoms with Gasteiger partial charge in [0.25, 0.3) is 0 Å². The highest BCUT2D eigenvalue weighted by Crippen LogP contribution is 2.18. The summed E-state index contributed by atoms with van der Waals surface area (Å²) in [4.78, 5) is 20.2. The Balaban J connectivity index is 0.00000220. The predicted octanol–water partition coefficient (Wildman–Crippen LogP) is 2.07. The summed E-state index contributed by atoms with van der Waals surface area (Å²) < 4.78 is 0. The molecule has 1 heterocycles. The van der Waals surface area contributed by atoms with E-state index in [4.69, 9.17) is 0 Å². The van der Waals surface area contributed by atoms with Crippen molar-refractivity contribution in [2.75, 3.05) is 33.7 Å². The topological polar surface area (TPSA) is 47.9 Å². The summed E-state index contributed by atoms with van der Waals surface area (Å²) in [5.41, 5.74) is 0. The van der Waals surface area contributed by atoms with Gasteiger partial charge in [0, 0.05) is 33.2 Å². The first-order chi connectivity index (χ1) is 9.66. The molecule has 2 fully saturated rings. The first-order valence-corrected chi connectivity index (χ1v) is 7.93. The molecule has 2 aliphatic rings. The van der Waals surface area contributed by atoms with Crippen molar-refractivity contribution in [3.63, 3.8) is 0 Å². The van der Waals surface area contributed by atoms with Crippen LogP contribution in [0.4, 0.5) is 0 Å². The predicted molar refractivity (Wildman–Crippen MR) is 97.2 cm³/mol. The van der Waals surface area contributed by atoms with Crippen LogP contribution in [-0.4, -0.2) is 61.4 Å². The molecule has 122 valence electrons. The second kappa shape index (κ2) is 9.48. The van der Waals surface area contributed by atoms with Crippen LogP contribution in [0.25, 0.3) is 0 Å². The average Bonchev–Trinajstić information content (AvgIpc) is 2.98. The van der Waals surface area contributed by atoms with Crippen LogP contribution in [0.15, 0.2) is 4.99 Å². The molecule has 0 unspecified atom stereocenters. The van der Waals surface area contributed by atoms with Crippen molar-refractivity contribution in [2.45, 2.75) is 51.0 Å². The van der Waals surface area contributed by atoms with Gasteiger partial charge in [0.05, 0.1) is 0 Å². The van der Waals surface area contributed by atoms with E-state index in [0.29, 0.717) is 6.04 Å². The van der Waals surface area contributed by atoms with Gasteiger partial charge in [0.1, 0.15) is 6.54 Å². The van der Waals surface area contributed by atoms with Crippen molar-refractivity contribution >= 4 is 35.8 Å². The van der Waals surface area contributed by atoms with E-state index in [2.05, 4.69) is 15.2 Å². The third kappa shape index (κ3) is 6.00. The number of hydrogen-bond donors (Lipinski definition) is 1. The highest BCUT2D eigenvalue weighted by molar-refractivity contribution is 14.0. The number of guanidine groups is 1. The maximum absolute atomic E-state index is 11.7. The molecule has 1 aliphatic heterocycles. The maximum atomic E-state index is 11.7. The zero-order valence-electron chi connectivity index (χ0n) is 13.3. The molecule has 1 saturated heterocycles. The number of nitrogens with zero attached hydrogens (tertiary/aromatic N) is 3. The number of hydrogen-bond acceptors (Lipinski definition) is 2. The van der Waals surface area contributed by atoms with E-state index in [1.165, 1.54) is 44.9 Å². The van der Waals surface area contributed by atoms with Gasteiger partial charge in [-0.1, -0.05) is 19.3 Å². The Bertz CT molecular complexity index is 348. The van der Waals surface area contributed by atoms with E-state index in [1.54, 1.807) is 19.0 Å². The van der Waals surface area contributed by atoms with Gasteiger partial charge in [-0.15, -0.1) is 24.0 Å². The van der Waals surface area contributed by atoms with Crippen LogP contribution in [0.2, 0.25) is 0 Å². The monoisotopic (exact) mass is 408 g/mol. The van der Waals surface area contributed by atoms with Gasteiger partial charge in [-0.3, -0.25) is 4.79 Å². The Hall–Kier alpha value is -0.530. The van der Waals surface area contributed by atoms with Crippen LogP contribution in [0.5, 0.6) is 0 Å². The quantitative estimate of drug-likeness (QED) is 0.442. The maximum Gasteiger partial charge on any atom is 0.243 e. The zero-order chi connectivity index (χ0) is 14.4. The van der Waals surface area contributed by atoms with Gasteiger partial charge in [-0.25, -0.2) is 4.99 Å². The molecule has 0 aromatic rings. The molecular formula is C15H29IN4O. The molecule has 6 heteroatoms. The molecule has 2 rings (SSSR count). The molecule has 0 aromatic heterocycles. The Morgan fingerprint density at radius 2 is 1.76 bits per heavy atom. The van der Waals surface area contributed by atoms with Crippen molar-refractivity contribution in [1.82, 2.24) is 15.1 Å². The van der Waals surface area contributed by atoms with E-state index in [-0.39, 0.29) is 36.4 Å². The van der Waals surface area contributed by atoms with Gasteiger partial charge in [0.15, 0.2) is 5.96 Å². The summed E-state index contributed by atoms with van der Waals surface area (Å²) in [7, 11) is 3.56. The number of carbonyl (C=O) groups excluding carboxylic acids is 1. The Morgan fingerprint density at radius 1 is 1.14 bits per heavy atom. The molecule has 1 aliphatic carbocycles. The number of rotatable bonds is 3. The third-order valence-corrected chi connectivity index (χ3v) is 4.21. The summed E-state index contributed by atoms with van der Waals surface area (Å²) in [6.07, 6.45) is 8.89.